The molecular weight excluding hydrogens is 264 g/mol. The van der Waals surface area contributed by atoms with Gasteiger partial charge in [0.15, 0.2) is 0 Å². The molecule has 1 heterocycles. The van der Waals surface area contributed by atoms with E-state index in [9.17, 15) is 5.11 Å². The van der Waals surface area contributed by atoms with Crippen LogP contribution in [0.25, 0.3) is 0 Å². The molecule has 2 rings (SSSR count). The van der Waals surface area contributed by atoms with E-state index in [0.29, 0.717) is 23.9 Å². The Kier molecular flexibility index (Phi) is 5.75. The first kappa shape index (κ1) is 16.0. The second kappa shape index (κ2) is 7.56. The summed E-state index contributed by atoms with van der Waals surface area (Å²) in [6.45, 7) is 8.39. The molecule has 4 nitrogen and oxygen atoms in total. The zero-order valence-electron chi connectivity index (χ0n) is 12.8. The van der Waals surface area contributed by atoms with Gasteiger partial charge < -0.3 is 9.84 Å². The van der Waals surface area contributed by atoms with E-state index in [1.165, 1.54) is 0 Å². The summed E-state index contributed by atoms with van der Waals surface area (Å²) >= 11 is 0. The van der Waals surface area contributed by atoms with Crippen LogP contribution in [-0.2, 0) is 4.74 Å². The second-order valence-corrected chi connectivity index (χ2v) is 5.87. The number of benzene rings is 1. The van der Waals surface area contributed by atoms with Gasteiger partial charge in [-0.3, -0.25) is 4.90 Å². The fourth-order valence-electron chi connectivity index (χ4n) is 2.94. The zero-order valence-corrected chi connectivity index (χ0v) is 12.8. The molecule has 114 valence electrons. The maximum Gasteiger partial charge on any atom is 0.0991 e. The van der Waals surface area contributed by atoms with Gasteiger partial charge in [-0.15, -0.1) is 0 Å². The lowest BCUT2D eigenvalue weighted by atomic mass is 9.99. The van der Waals surface area contributed by atoms with E-state index < -0.39 is 6.10 Å². The van der Waals surface area contributed by atoms with Gasteiger partial charge in [0.05, 0.1) is 24.3 Å². The number of hydrogen-bond acceptors (Lipinski definition) is 4. The summed E-state index contributed by atoms with van der Waals surface area (Å²) in [5, 5.41) is 19.3. The van der Waals surface area contributed by atoms with E-state index in [1.807, 2.05) is 19.1 Å². The number of likely N-dealkylation sites (tertiary alicyclic amines) is 1. The van der Waals surface area contributed by atoms with Gasteiger partial charge in [0, 0.05) is 26.2 Å². The first-order valence-electron chi connectivity index (χ1n) is 7.62. The molecular formula is C17H24N2O2. The van der Waals surface area contributed by atoms with Crippen molar-refractivity contribution in [3.8, 4) is 6.07 Å². The van der Waals surface area contributed by atoms with Gasteiger partial charge in [-0.05, 0) is 36.5 Å². The third-order valence-corrected chi connectivity index (χ3v) is 4.21. The van der Waals surface area contributed by atoms with Crippen LogP contribution in [0.15, 0.2) is 24.3 Å². The highest BCUT2D eigenvalue weighted by Gasteiger charge is 2.30. The number of hydrogen-bond donors (Lipinski definition) is 1. The van der Waals surface area contributed by atoms with Gasteiger partial charge >= 0.3 is 0 Å². The molecule has 3 unspecified atom stereocenters. The first-order chi connectivity index (χ1) is 10.1. The SMILES string of the molecule is CCOCC1CN(CC(O)c2cccc(C#N)c2)CC1C. The largest absolute Gasteiger partial charge is 0.387 e. The van der Waals surface area contributed by atoms with Crippen LogP contribution in [0.2, 0.25) is 0 Å². The number of aliphatic hydroxyl groups excluding tert-OH is 1. The highest BCUT2D eigenvalue weighted by atomic mass is 16.5. The van der Waals surface area contributed by atoms with Crippen LogP contribution in [0.5, 0.6) is 0 Å². The molecule has 1 fully saturated rings. The molecule has 3 atom stereocenters. The molecule has 0 saturated carbocycles. The van der Waals surface area contributed by atoms with E-state index in [4.69, 9.17) is 10.00 Å². The summed E-state index contributed by atoms with van der Waals surface area (Å²) in [6.07, 6.45) is -0.545. The lowest BCUT2D eigenvalue weighted by Crippen LogP contribution is -2.27. The van der Waals surface area contributed by atoms with Gasteiger partial charge in [-0.2, -0.15) is 5.26 Å². The molecule has 0 aliphatic carbocycles. The minimum Gasteiger partial charge on any atom is -0.387 e. The molecule has 0 aromatic heterocycles. The maximum atomic E-state index is 10.4. The number of ether oxygens (including phenoxy) is 1. The van der Waals surface area contributed by atoms with Crippen LogP contribution in [-0.4, -0.2) is 42.9 Å². The smallest absolute Gasteiger partial charge is 0.0991 e. The lowest BCUT2D eigenvalue weighted by molar-refractivity contribution is 0.0951. The van der Waals surface area contributed by atoms with Crippen molar-refractivity contribution in [1.82, 2.24) is 4.90 Å². The van der Waals surface area contributed by atoms with Crippen molar-refractivity contribution >= 4 is 0 Å². The number of aliphatic hydroxyl groups is 1. The summed E-state index contributed by atoms with van der Waals surface area (Å²) in [6, 6.07) is 9.33. The van der Waals surface area contributed by atoms with Crippen LogP contribution < -0.4 is 0 Å². The van der Waals surface area contributed by atoms with Crippen LogP contribution in [0.1, 0.15) is 31.1 Å². The Balaban J connectivity index is 1.91. The minimum atomic E-state index is -0.545. The molecule has 1 aromatic rings. The van der Waals surface area contributed by atoms with Crippen LogP contribution in [0.4, 0.5) is 0 Å². The van der Waals surface area contributed by atoms with Crippen molar-refractivity contribution in [3.05, 3.63) is 35.4 Å². The van der Waals surface area contributed by atoms with E-state index in [1.54, 1.807) is 12.1 Å². The summed E-state index contributed by atoms with van der Waals surface area (Å²) < 4.78 is 5.53. The van der Waals surface area contributed by atoms with E-state index in [0.717, 1.165) is 31.9 Å². The average molecular weight is 288 g/mol. The number of nitriles is 1. The maximum absolute atomic E-state index is 10.4. The molecule has 1 saturated heterocycles. The average Bonchev–Trinajstić information content (AvgIpc) is 2.84. The third-order valence-electron chi connectivity index (χ3n) is 4.21. The Morgan fingerprint density at radius 3 is 3.00 bits per heavy atom. The summed E-state index contributed by atoms with van der Waals surface area (Å²) in [4.78, 5) is 2.29. The fraction of sp³-hybridized carbons (Fsp3) is 0.588. The van der Waals surface area contributed by atoms with E-state index >= 15 is 0 Å². The first-order valence-corrected chi connectivity index (χ1v) is 7.62. The van der Waals surface area contributed by atoms with Crippen molar-refractivity contribution in [3.63, 3.8) is 0 Å². The van der Waals surface area contributed by atoms with E-state index in [-0.39, 0.29) is 0 Å². The van der Waals surface area contributed by atoms with Crippen molar-refractivity contribution < 1.29 is 9.84 Å². The standard InChI is InChI=1S/C17H24N2O2/c1-3-21-12-16-10-19(9-13(16)2)11-17(20)15-6-4-5-14(7-15)8-18/h4-7,13,16-17,20H,3,9-12H2,1-2H3. The van der Waals surface area contributed by atoms with Gasteiger partial charge in [-0.1, -0.05) is 19.1 Å². The predicted octanol–water partition coefficient (Wildman–Crippen LogP) is 2.20. The van der Waals surface area contributed by atoms with Gasteiger partial charge in [0.2, 0.25) is 0 Å². The Labute approximate surface area is 127 Å². The normalized spacial score (nSPS) is 23.9. The molecule has 0 spiro atoms. The topological polar surface area (TPSA) is 56.5 Å². The van der Waals surface area contributed by atoms with Crippen LogP contribution in [0.3, 0.4) is 0 Å². The van der Waals surface area contributed by atoms with Crippen LogP contribution in [0, 0.1) is 23.2 Å². The van der Waals surface area contributed by atoms with Crippen LogP contribution >= 0.6 is 0 Å². The predicted molar refractivity (Wildman–Crippen MR) is 81.7 cm³/mol. The summed E-state index contributed by atoms with van der Waals surface area (Å²) in [7, 11) is 0. The molecule has 0 radical (unpaired) electrons. The zero-order chi connectivity index (χ0) is 15.2. The van der Waals surface area contributed by atoms with Crippen molar-refractivity contribution in [1.29, 1.82) is 5.26 Å². The third kappa shape index (κ3) is 4.28. The van der Waals surface area contributed by atoms with Crippen molar-refractivity contribution in [2.75, 3.05) is 32.8 Å². The van der Waals surface area contributed by atoms with Gasteiger partial charge in [0.25, 0.3) is 0 Å². The molecule has 21 heavy (non-hydrogen) atoms. The van der Waals surface area contributed by atoms with Crippen molar-refractivity contribution in [2.24, 2.45) is 11.8 Å². The Bertz CT molecular complexity index is 498. The Morgan fingerprint density at radius 1 is 1.48 bits per heavy atom. The molecule has 1 N–H and O–H groups in total. The highest BCUT2D eigenvalue weighted by Crippen LogP contribution is 2.25. The summed E-state index contributed by atoms with van der Waals surface area (Å²) in [5.41, 5.74) is 1.41. The number of nitrogens with zero attached hydrogens (tertiary/aromatic N) is 2. The van der Waals surface area contributed by atoms with Gasteiger partial charge in [0.1, 0.15) is 0 Å². The van der Waals surface area contributed by atoms with Gasteiger partial charge in [-0.25, -0.2) is 0 Å². The Hall–Kier alpha value is -1.41. The molecule has 1 aliphatic heterocycles. The summed E-state index contributed by atoms with van der Waals surface area (Å²) in [5.74, 6) is 1.14. The number of β-amino-alcohol motifs (C(OH)–C–C–N with tert-alkyl or cyclic N) is 1. The second-order valence-electron chi connectivity index (χ2n) is 5.87. The molecule has 0 bridgehead atoms. The highest BCUT2D eigenvalue weighted by molar-refractivity contribution is 5.33. The molecule has 0 amide bonds. The molecule has 4 heteroatoms. The lowest BCUT2D eigenvalue weighted by Gasteiger charge is -2.20. The quantitative estimate of drug-likeness (QED) is 0.872. The minimum absolute atomic E-state index is 0.544. The molecule has 1 aromatic carbocycles. The number of rotatable bonds is 6. The van der Waals surface area contributed by atoms with E-state index in [2.05, 4.69) is 17.9 Å². The Morgan fingerprint density at radius 2 is 2.29 bits per heavy atom. The monoisotopic (exact) mass is 288 g/mol. The fourth-order valence-corrected chi connectivity index (χ4v) is 2.94. The molecule has 1 aliphatic rings. The van der Waals surface area contributed by atoms with Crippen molar-refractivity contribution in [2.45, 2.75) is 20.0 Å².